The summed E-state index contributed by atoms with van der Waals surface area (Å²) < 4.78 is 27.0. The minimum Gasteiger partial charge on any atom is -0.423 e. The van der Waals surface area contributed by atoms with Crippen molar-refractivity contribution in [2.45, 2.75) is 11.8 Å². The van der Waals surface area contributed by atoms with Crippen molar-refractivity contribution < 1.29 is 18.5 Å². The first kappa shape index (κ1) is 15.8. The quantitative estimate of drug-likeness (QED) is 0.736. The third-order valence-corrected chi connectivity index (χ3v) is 4.54. The van der Waals surface area contributed by atoms with Crippen LogP contribution in [0, 0.1) is 6.92 Å². The molecule has 0 aliphatic rings. The number of hydrogen-bond acceptors (Lipinski definition) is 4. The van der Waals surface area contributed by atoms with Crippen molar-refractivity contribution in [1.82, 2.24) is 0 Å². The van der Waals surface area contributed by atoms with Crippen molar-refractivity contribution in [3.05, 3.63) is 53.1 Å². The molecule has 2 aromatic carbocycles. The van der Waals surface area contributed by atoms with Crippen molar-refractivity contribution >= 4 is 39.9 Å². The Morgan fingerprint density at radius 3 is 2.24 bits per heavy atom. The van der Waals surface area contributed by atoms with Gasteiger partial charge in [0.25, 0.3) is 10.0 Å². The average Bonchev–Trinajstić information content (AvgIpc) is 2.42. The van der Waals surface area contributed by atoms with Crippen LogP contribution in [0.1, 0.15) is 5.56 Å². The highest BCUT2D eigenvalue weighted by atomic mass is 35.5. The molecule has 0 aliphatic carbocycles. The summed E-state index contributed by atoms with van der Waals surface area (Å²) in [5, 5.41) is 18.5. The van der Waals surface area contributed by atoms with E-state index >= 15 is 0 Å². The van der Waals surface area contributed by atoms with Crippen LogP contribution in [-0.4, -0.2) is 25.6 Å². The highest BCUT2D eigenvalue weighted by molar-refractivity contribution is 7.92. The number of sulfonamides is 1. The number of anilines is 1. The third-order valence-electron chi connectivity index (χ3n) is 2.92. The molecule has 21 heavy (non-hydrogen) atoms. The lowest BCUT2D eigenvalue weighted by atomic mass is 9.81. The fraction of sp³-hybridized carbons (Fsp3) is 0.0769. The maximum absolute atomic E-state index is 12.3. The predicted octanol–water partition coefficient (Wildman–Crippen LogP) is 1.13. The second-order valence-corrected chi connectivity index (χ2v) is 6.63. The lowest BCUT2D eigenvalue weighted by Gasteiger charge is -2.11. The molecule has 0 radical (unpaired) electrons. The summed E-state index contributed by atoms with van der Waals surface area (Å²) in [7, 11) is -5.38. The molecule has 0 unspecified atom stereocenters. The molecule has 3 N–H and O–H groups in total. The second kappa shape index (κ2) is 6.07. The van der Waals surface area contributed by atoms with Crippen molar-refractivity contribution in [2.24, 2.45) is 0 Å². The Hall–Kier alpha value is -1.54. The smallest absolute Gasteiger partial charge is 0.423 e. The van der Waals surface area contributed by atoms with Crippen LogP contribution in [0.3, 0.4) is 0 Å². The van der Waals surface area contributed by atoms with Crippen LogP contribution >= 0.6 is 11.6 Å². The van der Waals surface area contributed by atoms with Gasteiger partial charge in [-0.25, -0.2) is 8.42 Å². The van der Waals surface area contributed by atoms with Gasteiger partial charge in [0.15, 0.2) is 0 Å². The average molecular weight is 326 g/mol. The Morgan fingerprint density at radius 1 is 1.10 bits per heavy atom. The summed E-state index contributed by atoms with van der Waals surface area (Å²) >= 11 is 5.83. The van der Waals surface area contributed by atoms with Crippen molar-refractivity contribution in [1.29, 1.82) is 0 Å². The molecule has 0 aliphatic heterocycles. The van der Waals surface area contributed by atoms with Gasteiger partial charge < -0.3 is 10.0 Å². The van der Waals surface area contributed by atoms with Gasteiger partial charge in [-0.1, -0.05) is 23.7 Å². The molecule has 5 nitrogen and oxygen atoms in total. The number of hydrogen-bond donors (Lipinski definition) is 3. The molecule has 0 aromatic heterocycles. The van der Waals surface area contributed by atoms with Crippen LogP contribution in [0.2, 0.25) is 5.02 Å². The van der Waals surface area contributed by atoms with Gasteiger partial charge in [-0.05, 0) is 48.3 Å². The first-order valence-corrected chi connectivity index (χ1v) is 7.91. The molecule has 110 valence electrons. The molecule has 0 heterocycles. The lowest BCUT2D eigenvalue weighted by Crippen LogP contribution is -2.29. The SMILES string of the molecule is Cc1cc(Cl)ccc1NS(=O)(=O)c1ccc(B(O)O)cc1. The zero-order chi connectivity index (χ0) is 15.6. The summed E-state index contributed by atoms with van der Waals surface area (Å²) in [6.45, 7) is 1.74. The molecule has 0 bridgehead atoms. The van der Waals surface area contributed by atoms with Gasteiger partial charge >= 0.3 is 7.12 Å². The van der Waals surface area contributed by atoms with E-state index in [1.807, 2.05) is 0 Å². The number of aryl methyl sites for hydroxylation is 1. The van der Waals surface area contributed by atoms with E-state index in [1.165, 1.54) is 24.3 Å². The minimum atomic E-state index is -3.75. The summed E-state index contributed by atoms with van der Waals surface area (Å²) in [6.07, 6.45) is 0. The highest BCUT2D eigenvalue weighted by Gasteiger charge is 2.17. The zero-order valence-corrected chi connectivity index (χ0v) is 12.7. The topological polar surface area (TPSA) is 86.6 Å². The van der Waals surface area contributed by atoms with Gasteiger partial charge in [0.1, 0.15) is 0 Å². The van der Waals surface area contributed by atoms with Crippen molar-refractivity contribution in [2.75, 3.05) is 4.72 Å². The Kier molecular flexibility index (Phi) is 4.58. The highest BCUT2D eigenvalue weighted by Crippen LogP contribution is 2.22. The Balaban J connectivity index is 2.29. The van der Waals surface area contributed by atoms with Gasteiger partial charge in [-0.2, -0.15) is 0 Å². The fourth-order valence-corrected chi connectivity index (χ4v) is 3.12. The summed E-state index contributed by atoms with van der Waals surface area (Å²) in [4.78, 5) is 0.0289. The van der Waals surface area contributed by atoms with Crippen LogP contribution in [-0.2, 0) is 10.0 Å². The van der Waals surface area contributed by atoms with Gasteiger partial charge in [0, 0.05) is 5.02 Å². The van der Waals surface area contributed by atoms with E-state index in [1.54, 1.807) is 25.1 Å². The third kappa shape index (κ3) is 3.76. The summed E-state index contributed by atoms with van der Waals surface area (Å²) in [6, 6.07) is 10.1. The number of halogens is 1. The van der Waals surface area contributed by atoms with Crippen LogP contribution in [0.25, 0.3) is 0 Å². The van der Waals surface area contributed by atoms with E-state index in [0.29, 0.717) is 16.3 Å². The number of rotatable bonds is 4. The molecule has 0 saturated heterocycles. The first-order chi connectivity index (χ1) is 9.79. The summed E-state index contributed by atoms with van der Waals surface area (Å²) in [5.41, 5.74) is 1.36. The van der Waals surface area contributed by atoms with Crippen molar-refractivity contribution in [3.8, 4) is 0 Å². The van der Waals surface area contributed by atoms with E-state index in [4.69, 9.17) is 21.6 Å². The minimum absolute atomic E-state index is 0.0289. The van der Waals surface area contributed by atoms with E-state index in [9.17, 15) is 8.42 Å². The molecule has 0 amide bonds. The normalized spacial score (nSPS) is 11.2. The Labute approximate surface area is 128 Å². The molecule has 2 rings (SSSR count). The van der Waals surface area contributed by atoms with Gasteiger partial charge in [-0.15, -0.1) is 0 Å². The molecule has 0 fully saturated rings. The molecule has 8 heteroatoms. The molecule has 2 aromatic rings. The van der Waals surface area contributed by atoms with Crippen LogP contribution < -0.4 is 10.2 Å². The molecule has 0 spiro atoms. The van der Waals surface area contributed by atoms with Crippen LogP contribution in [0.4, 0.5) is 5.69 Å². The van der Waals surface area contributed by atoms with E-state index in [2.05, 4.69) is 4.72 Å². The number of benzene rings is 2. The largest absolute Gasteiger partial charge is 0.488 e. The molecule has 0 saturated carbocycles. The van der Waals surface area contributed by atoms with E-state index in [0.717, 1.165) is 0 Å². The first-order valence-electron chi connectivity index (χ1n) is 6.05. The Bertz CT molecular complexity index is 747. The maximum Gasteiger partial charge on any atom is 0.488 e. The standard InChI is InChI=1S/C13H13BClNO4S/c1-9-8-11(15)4-7-13(9)16-21(19,20)12-5-2-10(3-6-12)14(17)18/h2-8,16-18H,1H3. The zero-order valence-electron chi connectivity index (χ0n) is 11.1. The maximum atomic E-state index is 12.3. The van der Waals surface area contributed by atoms with E-state index < -0.39 is 17.1 Å². The monoisotopic (exact) mass is 325 g/mol. The lowest BCUT2D eigenvalue weighted by molar-refractivity contribution is 0.425. The number of nitrogens with one attached hydrogen (secondary N) is 1. The van der Waals surface area contributed by atoms with Crippen LogP contribution in [0.5, 0.6) is 0 Å². The summed E-state index contributed by atoms with van der Waals surface area (Å²) in [5.74, 6) is 0. The van der Waals surface area contributed by atoms with Gasteiger partial charge in [0.2, 0.25) is 0 Å². The van der Waals surface area contributed by atoms with E-state index in [-0.39, 0.29) is 10.4 Å². The fourth-order valence-electron chi connectivity index (χ4n) is 1.76. The Morgan fingerprint density at radius 2 is 1.71 bits per heavy atom. The van der Waals surface area contributed by atoms with Crippen molar-refractivity contribution in [3.63, 3.8) is 0 Å². The molecular weight excluding hydrogens is 312 g/mol. The van der Waals surface area contributed by atoms with Gasteiger partial charge in [0.05, 0.1) is 10.6 Å². The van der Waals surface area contributed by atoms with Crippen LogP contribution in [0.15, 0.2) is 47.4 Å². The molecule has 0 atom stereocenters. The molecular formula is C13H13BClNO4S. The predicted molar refractivity (Wildman–Crippen MR) is 83.3 cm³/mol. The van der Waals surface area contributed by atoms with Gasteiger partial charge in [-0.3, -0.25) is 4.72 Å². The second-order valence-electron chi connectivity index (χ2n) is 4.51.